The molecule has 0 bridgehead atoms. The average molecular weight is 106 g/mol. The Kier molecular flexibility index (Phi) is 3.17. The lowest BCUT2D eigenvalue weighted by molar-refractivity contribution is 0.564. The Balaban J connectivity index is 3.75. The molecule has 0 aromatic rings. The van der Waals surface area contributed by atoms with Crippen LogP contribution in [0.4, 0.5) is 0 Å². The lowest BCUT2D eigenvalue weighted by Crippen LogP contribution is -1.64. The molecule has 0 aliphatic carbocycles. The van der Waals surface area contributed by atoms with Crippen LogP contribution in [0.25, 0.3) is 0 Å². The smallest absolute Gasteiger partial charge is 0.225 e. The first-order chi connectivity index (χ1) is 3.81. The summed E-state index contributed by atoms with van der Waals surface area (Å²) in [4.78, 5) is 9.46. The van der Waals surface area contributed by atoms with Crippen LogP contribution in [-0.2, 0) is 4.79 Å². The van der Waals surface area contributed by atoms with E-state index >= 15 is 0 Å². The summed E-state index contributed by atoms with van der Waals surface area (Å²) >= 11 is 0. The number of nitrogens with zero attached hydrogens (tertiary/aromatic N) is 1. The Morgan fingerprint density at radius 2 is 2.38 bits per heavy atom. The van der Waals surface area contributed by atoms with Crippen molar-refractivity contribution in [3.63, 3.8) is 0 Å². The molecule has 2 nitrogen and oxygen atoms in total. The largest absolute Gasteiger partial charge is 0.286 e. The van der Waals surface area contributed by atoms with Gasteiger partial charge in [-0.15, -0.1) is 0 Å². The molecular formula is C6H4NO. The molecule has 0 saturated carbocycles. The standard InChI is InChI=1S/C6H4NO/c1-6(5-7)3-2-4-8/h2-3H,1H2. The minimum atomic E-state index is 0.258. The van der Waals surface area contributed by atoms with Crippen LogP contribution < -0.4 is 0 Å². The van der Waals surface area contributed by atoms with Gasteiger partial charge in [0.2, 0.25) is 6.29 Å². The van der Waals surface area contributed by atoms with Crippen LogP contribution in [-0.4, -0.2) is 6.29 Å². The van der Waals surface area contributed by atoms with Crippen LogP contribution >= 0.6 is 0 Å². The van der Waals surface area contributed by atoms with Crippen molar-refractivity contribution >= 4 is 6.29 Å². The lowest BCUT2D eigenvalue weighted by Gasteiger charge is -1.71. The quantitative estimate of drug-likeness (QED) is 0.296. The molecule has 0 spiro atoms. The Morgan fingerprint density at radius 3 is 2.75 bits per heavy atom. The van der Waals surface area contributed by atoms with Gasteiger partial charge in [-0.2, -0.15) is 5.26 Å². The highest BCUT2D eigenvalue weighted by Gasteiger charge is 1.76. The first-order valence-electron chi connectivity index (χ1n) is 1.94. The summed E-state index contributed by atoms with van der Waals surface area (Å²) in [6.07, 6.45) is 3.89. The van der Waals surface area contributed by atoms with E-state index in [-0.39, 0.29) is 5.57 Å². The number of rotatable bonds is 2. The van der Waals surface area contributed by atoms with Crippen molar-refractivity contribution in [2.24, 2.45) is 0 Å². The molecule has 8 heavy (non-hydrogen) atoms. The maximum Gasteiger partial charge on any atom is 0.225 e. The van der Waals surface area contributed by atoms with Crippen molar-refractivity contribution in [3.8, 4) is 6.07 Å². The topological polar surface area (TPSA) is 40.9 Å². The lowest BCUT2D eigenvalue weighted by atomic mass is 10.3. The van der Waals surface area contributed by atoms with E-state index in [0.717, 1.165) is 6.08 Å². The molecule has 0 rings (SSSR count). The molecule has 0 N–H and O–H groups in total. The zero-order chi connectivity index (χ0) is 6.41. The van der Waals surface area contributed by atoms with Gasteiger partial charge in [0.25, 0.3) is 0 Å². The van der Waals surface area contributed by atoms with E-state index in [1.165, 1.54) is 12.4 Å². The van der Waals surface area contributed by atoms with Gasteiger partial charge in [0.05, 0.1) is 6.07 Å². The summed E-state index contributed by atoms with van der Waals surface area (Å²) in [5, 5.41) is 8.03. The number of hydrogen-bond donors (Lipinski definition) is 0. The van der Waals surface area contributed by atoms with Gasteiger partial charge < -0.3 is 0 Å². The molecule has 0 fully saturated rings. The second-order valence-electron chi connectivity index (χ2n) is 1.09. The van der Waals surface area contributed by atoms with Crippen molar-refractivity contribution < 1.29 is 4.79 Å². The molecule has 0 aliphatic heterocycles. The van der Waals surface area contributed by atoms with Crippen molar-refractivity contribution in [2.75, 3.05) is 0 Å². The summed E-state index contributed by atoms with van der Waals surface area (Å²) in [7, 11) is 0. The number of hydrogen-bond acceptors (Lipinski definition) is 2. The van der Waals surface area contributed by atoms with Gasteiger partial charge >= 0.3 is 0 Å². The molecule has 0 aromatic heterocycles. The van der Waals surface area contributed by atoms with E-state index in [1.807, 2.05) is 0 Å². The third-order valence-corrected chi connectivity index (χ3v) is 0.496. The Hall–Kier alpha value is -1.36. The summed E-state index contributed by atoms with van der Waals surface area (Å²) < 4.78 is 0. The van der Waals surface area contributed by atoms with Gasteiger partial charge in [0, 0.05) is 5.57 Å². The highest BCUT2D eigenvalue weighted by Crippen LogP contribution is 1.85. The molecule has 0 amide bonds. The number of carbonyl (C=O) groups excluding carboxylic acids is 1. The molecule has 0 heterocycles. The minimum Gasteiger partial charge on any atom is -0.286 e. The molecule has 0 unspecified atom stereocenters. The van der Waals surface area contributed by atoms with Gasteiger partial charge in [0.15, 0.2) is 0 Å². The summed E-state index contributed by atoms with van der Waals surface area (Å²) in [5.74, 6) is 0. The summed E-state index contributed by atoms with van der Waals surface area (Å²) in [5.41, 5.74) is 0.258. The Morgan fingerprint density at radius 1 is 1.75 bits per heavy atom. The molecule has 0 aromatic carbocycles. The normalized spacial score (nSPS) is 8.38. The van der Waals surface area contributed by atoms with Gasteiger partial charge in [-0.25, -0.2) is 0 Å². The van der Waals surface area contributed by atoms with Crippen LogP contribution in [0.15, 0.2) is 24.3 Å². The molecule has 2 heteroatoms. The fourth-order valence-electron chi connectivity index (χ4n) is 0.172. The van der Waals surface area contributed by atoms with Gasteiger partial charge in [-0.05, 0) is 12.2 Å². The second kappa shape index (κ2) is 3.82. The SMILES string of the molecule is C=C(C#N)C=C[C]=O. The van der Waals surface area contributed by atoms with E-state index < -0.39 is 0 Å². The highest BCUT2D eigenvalue weighted by atomic mass is 16.1. The van der Waals surface area contributed by atoms with Crippen LogP contribution in [0.2, 0.25) is 0 Å². The summed E-state index contributed by atoms with van der Waals surface area (Å²) in [6, 6.07) is 1.74. The second-order valence-corrected chi connectivity index (χ2v) is 1.09. The molecule has 0 saturated heterocycles. The molecule has 0 aliphatic rings. The number of nitriles is 1. The van der Waals surface area contributed by atoms with Crippen molar-refractivity contribution in [1.82, 2.24) is 0 Å². The number of allylic oxidation sites excluding steroid dienone is 3. The van der Waals surface area contributed by atoms with Gasteiger partial charge in [-0.3, -0.25) is 4.79 Å². The fourth-order valence-corrected chi connectivity index (χ4v) is 0.172. The predicted molar refractivity (Wildman–Crippen MR) is 29.6 cm³/mol. The first kappa shape index (κ1) is 6.64. The zero-order valence-electron chi connectivity index (χ0n) is 4.22. The molecule has 39 valence electrons. The van der Waals surface area contributed by atoms with Gasteiger partial charge in [0.1, 0.15) is 0 Å². The average Bonchev–Trinajstić information content (AvgIpc) is 1.83. The van der Waals surface area contributed by atoms with Crippen LogP contribution in [0.1, 0.15) is 0 Å². The minimum absolute atomic E-state index is 0.258. The van der Waals surface area contributed by atoms with Crippen LogP contribution in [0.3, 0.4) is 0 Å². The van der Waals surface area contributed by atoms with Crippen molar-refractivity contribution in [3.05, 3.63) is 24.3 Å². The summed E-state index contributed by atoms with van der Waals surface area (Å²) in [6.45, 7) is 3.28. The molecule has 1 radical (unpaired) electrons. The maximum atomic E-state index is 9.46. The third kappa shape index (κ3) is 2.86. The van der Waals surface area contributed by atoms with Crippen LogP contribution in [0, 0.1) is 11.3 Å². The van der Waals surface area contributed by atoms with Crippen molar-refractivity contribution in [1.29, 1.82) is 5.26 Å². The third-order valence-electron chi connectivity index (χ3n) is 0.496. The zero-order valence-corrected chi connectivity index (χ0v) is 4.22. The molecular weight excluding hydrogens is 102 g/mol. The highest BCUT2D eigenvalue weighted by molar-refractivity contribution is 5.67. The fraction of sp³-hybridized carbons (Fsp3) is 0. The Labute approximate surface area is 47.7 Å². The Bertz CT molecular complexity index is 162. The van der Waals surface area contributed by atoms with E-state index in [2.05, 4.69) is 6.58 Å². The maximum absolute atomic E-state index is 9.46. The van der Waals surface area contributed by atoms with E-state index in [4.69, 9.17) is 5.26 Å². The van der Waals surface area contributed by atoms with Crippen molar-refractivity contribution in [2.45, 2.75) is 0 Å². The van der Waals surface area contributed by atoms with Gasteiger partial charge in [-0.1, -0.05) is 6.58 Å². The molecule has 0 atom stereocenters. The first-order valence-corrected chi connectivity index (χ1v) is 1.94. The van der Waals surface area contributed by atoms with E-state index in [0.29, 0.717) is 0 Å². The predicted octanol–water partition coefficient (Wildman–Crippen LogP) is 0.732. The van der Waals surface area contributed by atoms with E-state index in [1.54, 1.807) is 6.07 Å². The van der Waals surface area contributed by atoms with E-state index in [9.17, 15) is 4.79 Å². The monoisotopic (exact) mass is 106 g/mol. The van der Waals surface area contributed by atoms with Crippen LogP contribution in [0.5, 0.6) is 0 Å².